The molecule has 2 heteroatoms. The largest absolute Gasteiger partial charge is 0.497 e. The topological polar surface area (TPSA) is 14.2 Å². The van der Waals surface area contributed by atoms with E-state index >= 15 is 0 Å². The predicted octanol–water partition coefficient (Wildman–Crippen LogP) is 4.08. The molecule has 0 bridgehead atoms. The van der Waals surface area contributed by atoms with E-state index in [4.69, 9.17) is 4.74 Å². The number of rotatable bonds is 4. The van der Waals surface area contributed by atoms with E-state index < -0.39 is 0 Å². The lowest BCUT2D eigenvalue weighted by molar-refractivity contribution is 0.414. The number of nitrogens with zero attached hydrogens (tertiary/aromatic N) is 1. The second-order valence-electron chi connectivity index (χ2n) is 4.74. The van der Waals surface area contributed by atoms with E-state index in [2.05, 4.69) is 53.4 Å². The highest BCUT2D eigenvalue weighted by Gasteiger charge is 2.04. The average Bonchev–Trinajstić information content (AvgIpc) is 3.03. The van der Waals surface area contributed by atoms with Crippen LogP contribution < -0.4 is 4.74 Å². The van der Waals surface area contributed by atoms with Gasteiger partial charge in [0.25, 0.3) is 0 Å². The molecule has 0 saturated carbocycles. The van der Waals surface area contributed by atoms with Crippen LogP contribution in [-0.2, 0) is 6.42 Å². The van der Waals surface area contributed by atoms with Gasteiger partial charge in [-0.15, -0.1) is 0 Å². The molecule has 0 amide bonds. The standard InChI is InChI=1S/C18H17NO/c1-20-17-10-8-15(9-11-17)14-16-6-2-3-7-18(16)19-12-4-5-13-19/h2-13H,14H2,1H3. The van der Waals surface area contributed by atoms with Crippen LogP contribution in [0.4, 0.5) is 0 Å². The molecule has 1 aromatic heterocycles. The molecular formula is C18H17NO. The lowest BCUT2D eigenvalue weighted by Crippen LogP contribution is -1.98. The van der Waals surface area contributed by atoms with Crippen LogP contribution in [0.3, 0.4) is 0 Å². The van der Waals surface area contributed by atoms with Gasteiger partial charge < -0.3 is 9.30 Å². The first kappa shape index (κ1) is 12.5. The van der Waals surface area contributed by atoms with E-state index in [1.807, 2.05) is 24.3 Å². The van der Waals surface area contributed by atoms with Crippen molar-refractivity contribution in [1.29, 1.82) is 0 Å². The van der Waals surface area contributed by atoms with Crippen LogP contribution in [0.2, 0.25) is 0 Å². The quantitative estimate of drug-likeness (QED) is 0.692. The van der Waals surface area contributed by atoms with Gasteiger partial charge in [-0.25, -0.2) is 0 Å². The summed E-state index contributed by atoms with van der Waals surface area (Å²) in [5.74, 6) is 0.896. The summed E-state index contributed by atoms with van der Waals surface area (Å²) in [4.78, 5) is 0. The normalized spacial score (nSPS) is 10.4. The van der Waals surface area contributed by atoms with Gasteiger partial charge >= 0.3 is 0 Å². The zero-order valence-electron chi connectivity index (χ0n) is 11.5. The van der Waals surface area contributed by atoms with Crippen molar-refractivity contribution in [1.82, 2.24) is 4.57 Å². The molecular weight excluding hydrogens is 246 g/mol. The third-order valence-electron chi connectivity index (χ3n) is 3.43. The molecule has 3 aromatic rings. The first-order valence-corrected chi connectivity index (χ1v) is 6.71. The average molecular weight is 263 g/mol. The molecule has 0 aliphatic rings. The van der Waals surface area contributed by atoms with Gasteiger partial charge in [-0.3, -0.25) is 0 Å². The van der Waals surface area contributed by atoms with Crippen molar-refractivity contribution in [3.63, 3.8) is 0 Å². The van der Waals surface area contributed by atoms with E-state index in [1.54, 1.807) is 7.11 Å². The number of hydrogen-bond acceptors (Lipinski definition) is 1. The molecule has 3 rings (SSSR count). The summed E-state index contributed by atoms with van der Waals surface area (Å²) < 4.78 is 7.35. The highest BCUT2D eigenvalue weighted by molar-refractivity contribution is 5.44. The Kier molecular flexibility index (Phi) is 3.55. The van der Waals surface area contributed by atoms with Crippen molar-refractivity contribution in [3.8, 4) is 11.4 Å². The van der Waals surface area contributed by atoms with Crippen molar-refractivity contribution in [3.05, 3.63) is 84.2 Å². The third kappa shape index (κ3) is 2.59. The number of benzene rings is 2. The Morgan fingerprint density at radius 3 is 2.25 bits per heavy atom. The van der Waals surface area contributed by atoms with Crippen LogP contribution in [0.1, 0.15) is 11.1 Å². The van der Waals surface area contributed by atoms with Crippen LogP contribution in [0.5, 0.6) is 5.75 Å². The smallest absolute Gasteiger partial charge is 0.118 e. The van der Waals surface area contributed by atoms with Crippen molar-refractivity contribution in [2.24, 2.45) is 0 Å². The molecule has 2 aromatic carbocycles. The zero-order chi connectivity index (χ0) is 13.8. The van der Waals surface area contributed by atoms with Crippen LogP contribution >= 0.6 is 0 Å². The molecule has 20 heavy (non-hydrogen) atoms. The predicted molar refractivity (Wildman–Crippen MR) is 81.6 cm³/mol. The maximum Gasteiger partial charge on any atom is 0.118 e. The minimum absolute atomic E-state index is 0.896. The van der Waals surface area contributed by atoms with Crippen molar-refractivity contribution < 1.29 is 4.74 Å². The number of ether oxygens (including phenoxy) is 1. The first-order valence-electron chi connectivity index (χ1n) is 6.71. The fourth-order valence-corrected chi connectivity index (χ4v) is 2.37. The highest BCUT2D eigenvalue weighted by atomic mass is 16.5. The maximum absolute atomic E-state index is 5.20. The minimum atomic E-state index is 0.896. The Morgan fingerprint density at radius 2 is 1.55 bits per heavy atom. The summed E-state index contributed by atoms with van der Waals surface area (Å²) in [5, 5.41) is 0. The Balaban J connectivity index is 1.90. The Bertz CT molecular complexity index is 669. The Labute approximate surface area is 119 Å². The van der Waals surface area contributed by atoms with E-state index in [9.17, 15) is 0 Å². The van der Waals surface area contributed by atoms with Gasteiger partial charge in [-0.2, -0.15) is 0 Å². The number of methoxy groups -OCH3 is 1. The number of hydrogen-bond donors (Lipinski definition) is 0. The van der Waals surface area contributed by atoms with E-state index in [-0.39, 0.29) is 0 Å². The maximum atomic E-state index is 5.20. The fourth-order valence-electron chi connectivity index (χ4n) is 2.37. The zero-order valence-corrected chi connectivity index (χ0v) is 11.5. The lowest BCUT2D eigenvalue weighted by Gasteiger charge is -2.11. The lowest BCUT2D eigenvalue weighted by atomic mass is 10.0. The molecule has 0 aliphatic heterocycles. The molecule has 0 unspecified atom stereocenters. The second kappa shape index (κ2) is 5.66. The first-order chi connectivity index (χ1) is 9.86. The summed E-state index contributed by atoms with van der Waals surface area (Å²) in [7, 11) is 1.69. The summed E-state index contributed by atoms with van der Waals surface area (Å²) in [5.41, 5.74) is 3.83. The molecule has 0 radical (unpaired) electrons. The van der Waals surface area contributed by atoms with Gasteiger partial charge in [0.2, 0.25) is 0 Å². The van der Waals surface area contributed by atoms with Crippen LogP contribution in [0, 0.1) is 0 Å². The fraction of sp³-hybridized carbons (Fsp3) is 0.111. The molecule has 0 saturated heterocycles. The van der Waals surface area contributed by atoms with Crippen LogP contribution in [0.25, 0.3) is 5.69 Å². The monoisotopic (exact) mass is 263 g/mol. The van der Waals surface area contributed by atoms with Gasteiger partial charge in [-0.1, -0.05) is 30.3 Å². The van der Waals surface area contributed by atoms with E-state index in [0.717, 1.165) is 12.2 Å². The number of aromatic nitrogens is 1. The third-order valence-corrected chi connectivity index (χ3v) is 3.43. The Morgan fingerprint density at radius 1 is 0.850 bits per heavy atom. The van der Waals surface area contributed by atoms with E-state index in [0.29, 0.717) is 0 Å². The van der Waals surface area contributed by atoms with E-state index in [1.165, 1.54) is 16.8 Å². The molecule has 1 heterocycles. The highest BCUT2D eigenvalue weighted by Crippen LogP contribution is 2.20. The molecule has 0 fully saturated rings. The van der Waals surface area contributed by atoms with Gasteiger partial charge in [0, 0.05) is 18.1 Å². The van der Waals surface area contributed by atoms with Gasteiger partial charge in [0.05, 0.1) is 7.11 Å². The van der Waals surface area contributed by atoms with Crippen LogP contribution in [0.15, 0.2) is 73.1 Å². The molecule has 100 valence electrons. The van der Waals surface area contributed by atoms with Crippen molar-refractivity contribution in [2.45, 2.75) is 6.42 Å². The summed E-state index contributed by atoms with van der Waals surface area (Å²) in [6, 6.07) is 20.8. The minimum Gasteiger partial charge on any atom is -0.497 e. The summed E-state index contributed by atoms with van der Waals surface area (Å²) in [6.45, 7) is 0. The molecule has 0 N–H and O–H groups in total. The molecule has 0 spiro atoms. The number of para-hydroxylation sites is 1. The molecule has 0 aliphatic carbocycles. The summed E-state index contributed by atoms with van der Waals surface area (Å²) >= 11 is 0. The summed E-state index contributed by atoms with van der Waals surface area (Å²) in [6.07, 6.45) is 5.07. The second-order valence-corrected chi connectivity index (χ2v) is 4.74. The molecule has 2 nitrogen and oxygen atoms in total. The van der Waals surface area contributed by atoms with Crippen LogP contribution in [-0.4, -0.2) is 11.7 Å². The van der Waals surface area contributed by atoms with Gasteiger partial charge in [-0.05, 0) is 47.9 Å². The van der Waals surface area contributed by atoms with Crippen molar-refractivity contribution >= 4 is 0 Å². The molecule has 0 atom stereocenters. The van der Waals surface area contributed by atoms with Gasteiger partial charge in [0.15, 0.2) is 0 Å². The van der Waals surface area contributed by atoms with Crippen molar-refractivity contribution in [2.75, 3.05) is 7.11 Å². The Hall–Kier alpha value is -2.48. The van der Waals surface area contributed by atoms with Gasteiger partial charge in [0.1, 0.15) is 5.75 Å². The SMILES string of the molecule is COc1ccc(Cc2ccccc2-n2cccc2)cc1.